The molecule has 0 bridgehead atoms. The minimum absolute atomic E-state index is 0.744. The molecule has 0 N–H and O–H groups in total. The fourth-order valence-corrected chi connectivity index (χ4v) is 3.77. The van der Waals surface area contributed by atoms with Crippen molar-refractivity contribution in [2.24, 2.45) is 0 Å². The van der Waals surface area contributed by atoms with Gasteiger partial charge in [-0.05, 0) is 44.1 Å². The highest BCUT2D eigenvalue weighted by molar-refractivity contribution is 9.10. The van der Waals surface area contributed by atoms with E-state index in [1.165, 1.54) is 5.56 Å². The lowest BCUT2D eigenvalue weighted by molar-refractivity contribution is 0.242. The van der Waals surface area contributed by atoms with E-state index < -0.39 is 0 Å². The molecule has 0 saturated carbocycles. The molecular weight excluding hydrogens is 398 g/mol. The molecule has 26 heavy (non-hydrogen) atoms. The van der Waals surface area contributed by atoms with Crippen molar-refractivity contribution in [2.75, 3.05) is 40.4 Å². The van der Waals surface area contributed by atoms with Crippen molar-refractivity contribution in [3.8, 4) is 11.5 Å². The van der Waals surface area contributed by atoms with Crippen LogP contribution in [-0.2, 0) is 13.1 Å². The van der Waals surface area contributed by atoms with Crippen molar-refractivity contribution in [1.29, 1.82) is 0 Å². The highest BCUT2D eigenvalue weighted by Crippen LogP contribution is 2.34. The lowest BCUT2D eigenvalue weighted by atomic mass is 10.2. The average molecular weight is 424 g/mol. The van der Waals surface area contributed by atoms with Crippen molar-refractivity contribution in [3.05, 3.63) is 39.7 Å². The number of rotatable bonds is 6. The van der Waals surface area contributed by atoms with E-state index in [4.69, 9.17) is 14.0 Å². The molecule has 0 aliphatic carbocycles. The number of aryl methyl sites for hydroxylation is 1. The van der Waals surface area contributed by atoms with Gasteiger partial charge in [0.05, 0.1) is 19.9 Å². The zero-order chi connectivity index (χ0) is 18.5. The lowest BCUT2D eigenvalue weighted by Gasteiger charge is -2.22. The molecular formula is C19H26BrN3O3. The largest absolute Gasteiger partial charge is 0.493 e. The molecule has 3 rings (SSSR count). The van der Waals surface area contributed by atoms with Crippen molar-refractivity contribution in [3.63, 3.8) is 0 Å². The SMILES string of the molecule is COc1cc(Br)c(CN2CCCN(Cc3cc(C)on3)CC2)cc1OC. The van der Waals surface area contributed by atoms with Gasteiger partial charge in [0.2, 0.25) is 0 Å². The van der Waals surface area contributed by atoms with Crippen LogP contribution < -0.4 is 9.47 Å². The Morgan fingerprint density at radius 1 is 1.00 bits per heavy atom. The van der Waals surface area contributed by atoms with Crippen LogP contribution in [0.25, 0.3) is 0 Å². The first kappa shape index (κ1) is 19.2. The Balaban J connectivity index is 1.61. The Morgan fingerprint density at radius 2 is 1.65 bits per heavy atom. The molecule has 0 amide bonds. The monoisotopic (exact) mass is 423 g/mol. The first-order valence-electron chi connectivity index (χ1n) is 8.86. The summed E-state index contributed by atoms with van der Waals surface area (Å²) in [7, 11) is 3.33. The Morgan fingerprint density at radius 3 is 2.27 bits per heavy atom. The second-order valence-electron chi connectivity index (χ2n) is 6.63. The quantitative estimate of drug-likeness (QED) is 0.708. The molecule has 1 aliphatic rings. The molecule has 1 aromatic heterocycles. The third-order valence-corrected chi connectivity index (χ3v) is 5.43. The lowest BCUT2D eigenvalue weighted by Crippen LogP contribution is -2.30. The van der Waals surface area contributed by atoms with Crippen LogP contribution in [-0.4, -0.2) is 55.4 Å². The Bertz CT molecular complexity index is 735. The molecule has 2 heterocycles. The third-order valence-electron chi connectivity index (χ3n) is 4.69. The van der Waals surface area contributed by atoms with E-state index in [0.717, 1.165) is 73.1 Å². The number of nitrogens with zero attached hydrogens (tertiary/aromatic N) is 3. The molecule has 142 valence electrons. The molecule has 1 aromatic carbocycles. The van der Waals surface area contributed by atoms with E-state index in [-0.39, 0.29) is 0 Å². The van der Waals surface area contributed by atoms with Gasteiger partial charge in [-0.3, -0.25) is 9.80 Å². The summed E-state index contributed by atoms with van der Waals surface area (Å²) >= 11 is 3.66. The topological polar surface area (TPSA) is 51.0 Å². The molecule has 0 radical (unpaired) electrons. The Labute approximate surface area is 163 Å². The maximum absolute atomic E-state index is 5.44. The summed E-state index contributed by atoms with van der Waals surface area (Å²) in [6, 6.07) is 6.05. The van der Waals surface area contributed by atoms with E-state index in [2.05, 4.69) is 37.0 Å². The third kappa shape index (κ3) is 4.78. The molecule has 6 nitrogen and oxygen atoms in total. The van der Waals surface area contributed by atoms with Gasteiger partial charge >= 0.3 is 0 Å². The Hall–Kier alpha value is -1.57. The van der Waals surface area contributed by atoms with Crippen molar-refractivity contribution < 1.29 is 14.0 Å². The van der Waals surface area contributed by atoms with Crippen LogP contribution in [0.2, 0.25) is 0 Å². The van der Waals surface area contributed by atoms with Crippen LogP contribution >= 0.6 is 15.9 Å². The minimum Gasteiger partial charge on any atom is -0.493 e. The highest BCUT2D eigenvalue weighted by Gasteiger charge is 2.18. The van der Waals surface area contributed by atoms with E-state index in [1.54, 1.807) is 14.2 Å². The molecule has 0 unspecified atom stereocenters. The van der Waals surface area contributed by atoms with E-state index in [1.807, 2.05) is 19.1 Å². The predicted molar refractivity (Wildman–Crippen MR) is 104 cm³/mol. The molecule has 1 aliphatic heterocycles. The summed E-state index contributed by atoms with van der Waals surface area (Å²) in [5.74, 6) is 2.38. The van der Waals surface area contributed by atoms with Crippen molar-refractivity contribution >= 4 is 15.9 Å². The number of halogens is 1. The van der Waals surface area contributed by atoms with Gasteiger partial charge in [-0.25, -0.2) is 0 Å². The van der Waals surface area contributed by atoms with Gasteiger partial charge < -0.3 is 14.0 Å². The van der Waals surface area contributed by atoms with Gasteiger partial charge in [0.1, 0.15) is 5.76 Å². The van der Waals surface area contributed by atoms with Gasteiger partial charge in [-0.1, -0.05) is 21.1 Å². The first-order valence-corrected chi connectivity index (χ1v) is 9.65. The number of hydrogen-bond acceptors (Lipinski definition) is 6. The number of methoxy groups -OCH3 is 2. The number of ether oxygens (including phenoxy) is 2. The van der Waals surface area contributed by atoms with Crippen LogP contribution in [0.15, 0.2) is 27.2 Å². The van der Waals surface area contributed by atoms with Gasteiger partial charge in [0.25, 0.3) is 0 Å². The Kier molecular flexibility index (Phi) is 6.56. The van der Waals surface area contributed by atoms with E-state index in [9.17, 15) is 0 Å². The van der Waals surface area contributed by atoms with Crippen molar-refractivity contribution in [1.82, 2.24) is 15.0 Å². The number of aromatic nitrogens is 1. The second kappa shape index (κ2) is 8.88. The van der Waals surface area contributed by atoms with Crippen LogP contribution in [0.1, 0.15) is 23.4 Å². The molecule has 2 aromatic rings. The summed E-state index contributed by atoms with van der Waals surface area (Å²) in [6.07, 6.45) is 1.14. The first-order chi connectivity index (χ1) is 12.6. The molecule has 0 atom stereocenters. The maximum Gasteiger partial charge on any atom is 0.161 e. The zero-order valence-corrected chi connectivity index (χ0v) is 17.2. The zero-order valence-electron chi connectivity index (χ0n) is 15.6. The fourth-order valence-electron chi connectivity index (χ4n) is 3.32. The second-order valence-corrected chi connectivity index (χ2v) is 7.49. The molecule has 1 fully saturated rings. The normalized spacial score (nSPS) is 16.5. The van der Waals surface area contributed by atoms with Crippen LogP contribution in [0.3, 0.4) is 0 Å². The van der Waals surface area contributed by atoms with Crippen LogP contribution in [0, 0.1) is 6.92 Å². The molecule has 7 heteroatoms. The highest BCUT2D eigenvalue weighted by atomic mass is 79.9. The summed E-state index contributed by atoms with van der Waals surface area (Å²) < 4.78 is 17.0. The van der Waals surface area contributed by atoms with Crippen molar-refractivity contribution in [2.45, 2.75) is 26.4 Å². The van der Waals surface area contributed by atoms with Gasteiger partial charge in [-0.2, -0.15) is 0 Å². The summed E-state index contributed by atoms with van der Waals surface area (Å²) in [6.45, 7) is 7.88. The molecule has 0 spiro atoms. The standard InChI is InChI=1S/C19H26BrN3O3/c1-14-9-16(21-26-14)13-23-6-4-5-22(7-8-23)12-15-10-18(24-2)19(25-3)11-17(15)20/h9-11H,4-8,12-13H2,1-3H3. The average Bonchev–Trinajstić information content (AvgIpc) is 2.91. The summed E-state index contributed by atoms with van der Waals surface area (Å²) in [5.41, 5.74) is 2.22. The van der Waals surface area contributed by atoms with Gasteiger partial charge in [-0.15, -0.1) is 0 Å². The van der Waals surface area contributed by atoms with Gasteiger partial charge in [0.15, 0.2) is 11.5 Å². The molecule has 1 saturated heterocycles. The van der Waals surface area contributed by atoms with Crippen LogP contribution in [0.5, 0.6) is 11.5 Å². The number of benzene rings is 1. The van der Waals surface area contributed by atoms with E-state index >= 15 is 0 Å². The number of hydrogen-bond donors (Lipinski definition) is 0. The fraction of sp³-hybridized carbons (Fsp3) is 0.526. The van der Waals surface area contributed by atoms with Crippen LogP contribution in [0.4, 0.5) is 0 Å². The summed E-state index contributed by atoms with van der Waals surface area (Å²) in [5, 5.41) is 4.11. The van der Waals surface area contributed by atoms with Gasteiger partial charge in [0, 0.05) is 36.7 Å². The predicted octanol–water partition coefficient (Wildman–Crippen LogP) is 3.47. The van der Waals surface area contributed by atoms with E-state index in [0.29, 0.717) is 0 Å². The minimum atomic E-state index is 0.744. The summed E-state index contributed by atoms with van der Waals surface area (Å²) in [4.78, 5) is 4.93. The maximum atomic E-state index is 5.44. The smallest absolute Gasteiger partial charge is 0.161 e.